The fourth-order valence-corrected chi connectivity index (χ4v) is 1.03. The summed E-state index contributed by atoms with van der Waals surface area (Å²) in [6, 6.07) is 3.24. The van der Waals surface area contributed by atoms with Crippen molar-refractivity contribution in [3.8, 4) is 5.75 Å². The van der Waals surface area contributed by atoms with Crippen molar-refractivity contribution >= 4 is 0 Å². The lowest BCUT2D eigenvalue weighted by atomic mass is 10.3. The first-order valence-electron chi connectivity index (χ1n) is 4.63. The second-order valence-corrected chi connectivity index (χ2v) is 2.92. The molecule has 0 spiro atoms. The Morgan fingerprint density at radius 2 is 2.20 bits per heavy atom. The summed E-state index contributed by atoms with van der Waals surface area (Å²) < 4.78 is 30.6. The molecule has 2 nitrogen and oxygen atoms in total. The Balaban J connectivity index is 2.34. The van der Waals surface area contributed by atoms with Gasteiger partial charge in [0.05, 0.1) is 0 Å². The molecule has 0 aliphatic carbocycles. The molecule has 0 fully saturated rings. The van der Waals surface area contributed by atoms with Crippen molar-refractivity contribution in [3.63, 3.8) is 0 Å². The number of rotatable bonds is 6. The molecule has 4 heteroatoms. The van der Waals surface area contributed by atoms with Gasteiger partial charge in [-0.1, -0.05) is 6.08 Å². The van der Waals surface area contributed by atoms with Crippen molar-refractivity contribution in [2.24, 2.45) is 0 Å². The highest BCUT2D eigenvalue weighted by atomic mass is 19.1. The molecule has 82 valence electrons. The number of hydrogen-bond acceptors (Lipinski definition) is 2. The summed E-state index contributed by atoms with van der Waals surface area (Å²) >= 11 is 0. The van der Waals surface area contributed by atoms with Gasteiger partial charge < -0.3 is 10.1 Å². The van der Waals surface area contributed by atoms with E-state index in [0.717, 1.165) is 12.1 Å². The Kier molecular flexibility index (Phi) is 4.77. The summed E-state index contributed by atoms with van der Waals surface area (Å²) in [5.41, 5.74) is 0. The topological polar surface area (TPSA) is 21.3 Å². The van der Waals surface area contributed by atoms with Gasteiger partial charge in [-0.3, -0.25) is 0 Å². The average molecular weight is 213 g/mol. The van der Waals surface area contributed by atoms with Crippen molar-refractivity contribution in [2.45, 2.75) is 0 Å². The van der Waals surface area contributed by atoms with Crippen LogP contribution in [-0.4, -0.2) is 19.7 Å². The molecule has 1 N–H and O–H groups in total. The van der Waals surface area contributed by atoms with Gasteiger partial charge in [0.2, 0.25) is 0 Å². The van der Waals surface area contributed by atoms with Gasteiger partial charge in [0.1, 0.15) is 12.4 Å². The monoisotopic (exact) mass is 213 g/mol. The first-order chi connectivity index (χ1) is 7.24. The second-order valence-electron chi connectivity index (χ2n) is 2.92. The fraction of sp³-hybridized carbons (Fsp3) is 0.273. The SMILES string of the molecule is C=CCNCCOc1ccc(F)cc1F. The third kappa shape index (κ3) is 4.08. The molecular formula is C11H13F2NO. The lowest BCUT2D eigenvalue weighted by Crippen LogP contribution is -2.21. The van der Waals surface area contributed by atoms with E-state index >= 15 is 0 Å². The summed E-state index contributed by atoms with van der Waals surface area (Å²) in [4.78, 5) is 0. The van der Waals surface area contributed by atoms with Crippen LogP contribution in [0.2, 0.25) is 0 Å². The van der Waals surface area contributed by atoms with Gasteiger partial charge in [0.25, 0.3) is 0 Å². The van der Waals surface area contributed by atoms with E-state index in [1.54, 1.807) is 6.08 Å². The number of nitrogens with one attached hydrogen (secondary N) is 1. The van der Waals surface area contributed by atoms with Crippen LogP contribution in [0.5, 0.6) is 5.75 Å². The van der Waals surface area contributed by atoms with Gasteiger partial charge in [0, 0.05) is 19.2 Å². The third-order valence-electron chi connectivity index (χ3n) is 1.72. The van der Waals surface area contributed by atoms with E-state index < -0.39 is 11.6 Å². The largest absolute Gasteiger partial charge is 0.489 e. The van der Waals surface area contributed by atoms with E-state index in [1.165, 1.54) is 6.07 Å². The van der Waals surface area contributed by atoms with Gasteiger partial charge in [-0.15, -0.1) is 6.58 Å². The fourth-order valence-electron chi connectivity index (χ4n) is 1.03. The molecule has 0 unspecified atom stereocenters. The first kappa shape index (κ1) is 11.7. The summed E-state index contributed by atoms with van der Waals surface area (Å²) in [6.07, 6.45) is 1.72. The molecule has 15 heavy (non-hydrogen) atoms. The minimum atomic E-state index is -0.682. The van der Waals surface area contributed by atoms with Crippen LogP contribution in [0.25, 0.3) is 0 Å². The first-order valence-corrected chi connectivity index (χ1v) is 4.63. The van der Waals surface area contributed by atoms with E-state index in [-0.39, 0.29) is 5.75 Å². The van der Waals surface area contributed by atoms with Crippen molar-refractivity contribution in [1.29, 1.82) is 0 Å². The Hall–Kier alpha value is -1.42. The molecule has 0 atom stereocenters. The summed E-state index contributed by atoms with van der Waals surface area (Å²) in [5.74, 6) is -1.22. The number of ether oxygens (including phenoxy) is 1. The molecule has 0 aliphatic rings. The van der Waals surface area contributed by atoms with Crippen LogP contribution in [-0.2, 0) is 0 Å². The maximum atomic E-state index is 13.0. The van der Waals surface area contributed by atoms with Crippen LogP contribution in [0.1, 0.15) is 0 Å². The lowest BCUT2D eigenvalue weighted by Gasteiger charge is -2.07. The van der Waals surface area contributed by atoms with Gasteiger partial charge in [-0.05, 0) is 12.1 Å². The van der Waals surface area contributed by atoms with E-state index in [9.17, 15) is 8.78 Å². The van der Waals surface area contributed by atoms with Crippen LogP contribution < -0.4 is 10.1 Å². The molecule has 0 aromatic heterocycles. The molecule has 0 heterocycles. The van der Waals surface area contributed by atoms with Gasteiger partial charge in [-0.25, -0.2) is 8.78 Å². The highest BCUT2D eigenvalue weighted by molar-refractivity contribution is 5.24. The van der Waals surface area contributed by atoms with Gasteiger partial charge in [-0.2, -0.15) is 0 Å². The average Bonchev–Trinajstić information content (AvgIpc) is 2.20. The number of benzene rings is 1. The summed E-state index contributed by atoms with van der Waals surface area (Å²) in [6.45, 7) is 5.13. The molecule has 0 saturated heterocycles. The van der Waals surface area contributed by atoms with Crippen LogP contribution in [0.15, 0.2) is 30.9 Å². The van der Waals surface area contributed by atoms with Crippen molar-refractivity contribution in [3.05, 3.63) is 42.5 Å². The van der Waals surface area contributed by atoms with Crippen molar-refractivity contribution in [2.75, 3.05) is 19.7 Å². The standard InChI is InChI=1S/C11H13F2NO/c1-2-5-14-6-7-15-11-4-3-9(12)8-10(11)13/h2-4,8,14H,1,5-7H2. The lowest BCUT2D eigenvalue weighted by molar-refractivity contribution is 0.300. The molecule has 0 bridgehead atoms. The number of halogens is 2. The molecule has 0 saturated carbocycles. The molecule has 0 radical (unpaired) electrons. The summed E-state index contributed by atoms with van der Waals surface area (Å²) in [7, 11) is 0. The Labute approximate surface area is 87.6 Å². The molecule has 1 aromatic rings. The second kappa shape index (κ2) is 6.14. The molecule has 1 aromatic carbocycles. The summed E-state index contributed by atoms with van der Waals surface area (Å²) in [5, 5.41) is 3.00. The predicted molar refractivity (Wildman–Crippen MR) is 54.9 cm³/mol. The molecule has 0 aliphatic heterocycles. The van der Waals surface area contributed by atoms with Crippen LogP contribution in [0, 0.1) is 11.6 Å². The minimum absolute atomic E-state index is 0.0665. The molecule has 1 rings (SSSR count). The quantitative estimate of drug-likeness (QED) is 0.577. The van der Waals surface area contributed by atoms with Crippen molar-refractivity contribution < 1.29 is 13.5 Å². The van der Waals surface area contributed by atoms with Gasteiger partial charge >= 0.3 is 0 Å². The van der Waals surface area contributed by atoms with E-state index in [0.29, 0.717) is 19.7 Å². The zero-order chi connectivity index (χ0) is 11.1. The third-order valence-corrected chi connectivity index (χ3v) is 1.72. The number of hydrogen-bond donors (Lipinski definition) is 1. The van der Waals surface area contributed by atoms with E-state index in [4.69, 9.17) is 4.74 Å². The van der Waals surface area contributed by atoms with Crippen LogP contribution >= 0.6 is 0 Å². The molecule has 0 amide bonds. The zero-order valence-corrected chi connectivity index (χ0v) is 8.30. The highest BCUT2D eigenvalue weighted by Crippen LogP contribution is 2.16. The maximum Gasteiger partial charge on any atom is 0.167 e. The smallest absolute Gasteiger partial charge is 0.167 e. The van der Waals surface area contributed by atoms with Crippen LogP contribution in [0.4, 0.5) is 8.78 Å². The normalized spacial score (nSPS) is 10.0. The van der Waals surface area contributed by atoms with Crippen molar-refractivity contribution in [1.82, 2.24) is 5.32 Å². The molecular weight excluding hydrogens is 200 g/mol. The highest BCUT2D eigenvalue weighted by Gasteiger charge is 2.03. The predicted octanol–water partition coefficient (Wildman–Crippen LogP) is 2.12. The minimum Gasteiger partial charge on any atom is -0.489 e. The Morgan fingerprint density at radius 1 is 1.40 bits per heavy atom. The van der Waals surface area contributed by atoms with Crippen LogP contribution in [0.3, 0.4) is 0 Å². The zero-order valence-electron chi connectivity index (χ0n) is 8.30. The van der Waals surface area contributed by atoms with E-state index in [2.05, 4.69) is 11.9 Å². The maximum absolute atomic E-state index is 13.0. The Bertz CT molecular complexity index is 328. The van der Waals surface area contributed by atoms with E-state index in [1.807, 2.05) is 0 Å². The Morgan fingerprint density at radius 3 is 2.87 bits per heavy atom. The van der Waals surface area contributed by atoms with Gasteiger partial charge in [0.15, 0.2) is 11.6 Å².